The number of nitrogens with zero attached hydrogens (tertiary/aromatic N) is 2. The standard InChI is InChI=1S/C25H29F3N2O5/c1-11-9-23-12(2)7-15-17(22(15,3)4)14(19(23)33)8-13(10-31)18(32)24(23,34)20(11)35-21-29-6-5-16(30-21)25(26,27)28/h5-6,8-9,12,14-15,17-18,20,31-32,34H,7,10H2,1-4H3/t12-,14+,15-,17+,18-,20+,23?,24+/m1/s1. The highest BCUT2D eigenvalue weighted by molar-refractivity contribution is 5.95. The summed E-state index contributed by atoms with van der Waals surface area (Å²) < 4.78 is 45.4. The number of alkyl halides is 3. The molecule has 2 fully saturated rings. The van der Waals surface area contributed by atoms with Crippen molar-refractivity contribution in [1.29, 1.82) is 0 Å². The predicted octanol–water partition coefficient (Wildman–Crippen LogP) is 2.71. The smallest absolute Gasteiger partial charge is 0.433 e. The lowest BCUT2D eigenvalue weighted by atomic mass is 9.59. The molecule has 35 heavy (non-hydrogen) atoms. The Morgan fingerprint density at radius 3 is 2.60 bits per heavy atom. The summed E-state index contributed by atoms with van der Waals surface area (Å²) in [6.07, 6.45) is -3.14. The number of hydrogen-bond donors (Lipinski definition) is 3. The van der Waals surface area contributed by atoms with E-state index >= 15 is 0 Å². The van der Waals surface area contributed by atoms with E-state index in [0.717, 1.165) is 6.20 Å². The van der Waals surface area contributed by atoms with Gasteiger partial charge in [0.25, 0.3) is 0 Å². The molecule has 3 N–H and O–H groups in total. The molecular formula is C25H29F3N2O5. The van der Waals surface area contributed by atoms with Gasteiger partial charge in [-0.2, -0.15) is 18.2 Å². The summed E-state index contributed by atoms with van der Waals surface area (Å²) in [6, 6.07) is 0.0616. The van der Waals surface area contributed by atoms with Crippen LogP contribution in [0.2, 0.25) is 0 Å². The summed E-state index contributed by atoms with van der Waals surface area (Å²) in [7, 11) is 0. The zero-order chi connectivity index (χ0) is 25.7. The molecule has 0 saturated heterocycles. The number of allylic oxidation sites excluding steroid dienone is 1. The number of aliphatic hydroxyl groups excluding tert-OH is 2. The van der Waals surface area contributed by atoms with Crippen LogP contribution in [0.3, 0.4) is 0 Å². The molecule has 1 heterocycles. The zero-order valence-electron chi connectivity index (χ0n) is 19.9. The average Bonchev–Trinajstić information content (AvgIpc) is 3.27. The number of aliphatic hydroxyl groups is 3. The third kappa shape index (κ3) is 3.05. The van der Waals surface area contributed by atoms with Crippen LogP contribution in [0.4, 0.5) is 13.2 Å². The van der Waals surface area contributed by atoms with E-state index in [1.807, 2.05) is 6.92 Å². The van der Waals surface area contributed by atoms with Crippen LogP contribution >= 0.6 is 0 Å². The first-order chi connectivity index (χ1) is 16.2. The molecule has 0 aromatic carbocycles. The second kappa shape index (κ2) is 7.36. The van der Waals surface area contributed by atoms with Crippen molar-refractivity contribution >= 4 is 5.78 Å². The number of Topliss-reactive ketones (excluding diaryl/α,β-unsaturated/α-hetero) is 1. The van der Waals surface area contributed by atoms with E-state index in [4.69, 9.17) is 4.74 Å². The van der Waals surface area contributed by atoms with E-state index < -0.39 is 59.5 Å². The largest absolute Gasteiger partial charge is 0.452 e. The van der Waals surface area contributed by atoms with E-state index in [2.05, 4.69) is 23.8 Å². The number of ketones is 1. The predicted molar refractivity (Wildman–Crippen MR) is 117 cm³/mol. The molecule has 7 nitrogen and oxygen atoms in total. The highest BCUT2D eigenvalue weighted by Gasteiger charge is 2.76. The third-order valence-corrected chi connectivity index (χ3v) is 9.04. The molecule has 0 amide bonds. The van der Waals surface area contributed by atoms with Crippen molar-refractivity contribution in [3.63, 3.8) is 0 Å². The van der Waals surface area contributed by atoms with Crippen LogP contribution in [-0.2, 0) is 11.0 Å². The number of halogens is 3. The van der Waals surface area contributed by atoms with Gasteiger partial charge in [-0.15, -0.1) is 0 Å². The van der Waals surface area contributed by atoms with Crippen LogP contribution in [0.15, 0.2) is 35.6 Å². The molecule has 1 aromatic rings. The molecule has 5 rings (SSSR count). The number of fused-ring (bicyclic) bond motifs is 3. The van der Waals surface area contributed by atoms with Gasteiger partial charge >= 0.3 is 12.2 Å². The number of carbonyl (C=O) groups is 1. The fourth-order valence-electron chi connectivity index (χ4n) is 7.25. The van der Waals surface area contributed by atoms with Gasteiger partial charge in [-0.05, 0) is 53.7 Å². The van der Waals surface area contributed by atoms with Crippen LogP contribution in [0.1, 0.15) is 39.8 Å². The normalized spacial score (nSPS) is 41.7. The van der Waals surface area contributed by atoms with Gasteiger partial charge in [0.05, 0.1) is 12.0 Å². The van der Waals surface area contributed by atoms with Crippen molar-refractivity contribution in [1.82, 2.24) is 9.97 Å². The van der Waals surface area contributed by atoms with E-state index in [9.17, 15) is 33.3 Å². The Morgan fingerprint density at radius 2 is 1.97 bits per heavy atom. The quantitative estimate of drug-likeness (QED) is 0.554. The first kappa shape index (κ1) is 24.4. The van der Waals surface area contributed by atoms with E-state index in [1.54, 1.807) is 19.1 Å². The molecule has 2 bridgehead atoms. The zero-order valence-corrected chi connectivity index (χ0v) is 19.9. The van der Waals surface area contributed by atoms with E-state index in [1.165, 1.54) is 0 Å². The SMILES string of the molecule is CC1=CC23C(=O)[C@@H](C=C(CO)[C@@H](O)[C@]2(O)[C@H]1Oc1nccc(C(F)(F)F)n1)[C@H]1[C@@H](C[C@H]3C)C1(C)C. The molecule has 8 atom stereocenters. The van der Waals surface area contributed by atoms with Gasteiger partial charge in [-0.3, -0.25) is 4.79 Å². The lowest BCUT2D eigenvalue weighted by Crippen LogP contribution is -2.66. The van der Waals surface area contributed by atoms with E-state index in [-0.39, 0.29) is 28.6 Å². The second-order valence-corrected chi connectivity index (χ2v) is 11.1. The second-order valence-electron chi connectivity index (χ2n) is 11.1. The highest BCUT2D eigenvalue weighted by Crippen LogP contribution is 2.71. The van der Waals surface area contributed by atoms with Crippen LogP contribution in [0.5, 0.6) is 6.01 Å². The van der Waals surface area contributed by atoms with Gasteiger partial charge in [0, 0.05) is 12.1 Å². The minimum atomic E-state index is -4.73. The Balaban J connectivity index is 1.65. The van der Waals surface area contributed by atoms with Gasteiger partial charge < -0.3 is 20.1 Å². The summed E-state index contributed by atoms with van der Waals surface area (Å²) in [6.45, 7) is 7.03. The maximum Gasteiger partial charge on any atom is 0.433 e. The van der Waals surface area contributed by atoms with Gasteiger partial charge in [-0.25, -0.2) is 4.98 Å². The monoisotopic (exact) mass is 494 g/mol. The van der Waals surface area contributed by atoms with Crippen molar-refractivity contribution in [2.24, 2.45) is 34.5 Å². The summed E-state index contributed by atoms with van der Waals surface area (Å²) in [5.74, 6) is -1.11. The number of ether oxygens (including phenoxy) is 1. The highest BCUT2D eigenvalue weighted by atomic mass is 19.4. The Morgan fingerprint density at radius 1 is 1.29 bits per heavy atom. The molecule has 10 heteroatoms. The van der Waals surface area contributed by atoms with Gasteiger partial charge in [0.15, 0.2) is 23.2 Å². The maximum absolute atomic E-state index is 14.3. The number of aromatic nitrogens is 2. The molecule has 1 aromatic heterocycles. The van der Waals surface area contributed by atoms with Gasteiger partial charge in [-0.1, -0.05) is 32.9 Å². The van der Waals surface area contributed by atoms with Crippen LogP contribution < -0.4 is 4.74 Å². The van der Waals surface area contributed by atoms with Crippen LogP contribution in [0.25, 0.3) is 0 Å². The minimum Gasteiger partial charge on any atom is -0.452 e. The van der Waals surface area contributed by atoms with Crippen molar-refractivity contribution in [2.75, 3.05) is 6.61 Å². The molecule has 1 unspecified atom stereocenters. The van der Waals surface area contributed by atoms with Crippen molar-refractivity contribution in [2.45, 2.75) is 58.1 Å². The summed E-state index contributed by atoms with van der Waals surface area (Å²) >= 11 is 0. The molecular weight excluding hydrogens is 465 g/mol. The Kier molecular flexibility index (Phi) is 5.13. The third-order valence-electron chi connectivity index (χ3n) is 9.04. The van der Waals surface area contributed by atoms with Crippen LogP contribution in [0, 0.1) is 34.5 Å². The average molecular weight is 495 g/mol. The molecule has 2 saturated carbocycles. The van der Waals surface area contributed by atoms with Gasteiger partial charge in [0.2, 0.25) is 0 Å². The van der Waals surface area contributed by atoms with E-state index in [0.29, 0.717) is 18.1 Å². The molecule has 0 radical (unpaired) electrons. The molecule has 190 valence electrons. The number of rotatable bonds is 3. The van der Waals surface area contributed by atoms with Crippen molar-refractivity contribution in [3.05, 3.63) is 41.3 Å². The summed E-state index contributed by atoms with van der Waals surface area (Å²) in [5.41, 5.74) is -4.72. The Labute approximate surface area is 200 Å². The Bertz CT molecular complexity index is 1150. The molecule has 4 aliphatic carbocycles. The first-order valence-electron chi connectivity index (χ1n) is 11.7. The Hall–Kier alpha value is -2.30. The van der Waals surface area contributed by atoms with Crippen molar-refractivity contribution in [3.8, 4) is 6.01 Å². The fraction of sp³-hybridized carbons (Fsp3) is 0.640. The summed E-state index contributed by atoms with van der Waals surface area (Å²) in [4.78, 5) is 21.5. The lowest BCUT2D eigenvalue weighted by molar-refractivity contribution is -0.186. The number of carbonyl (C=O) groups excluding carboxylic acids is 1. The maximum atomic E-state index is 14.3. The minimum absolute atomic E-state index is 0.00611. The summed E-state index contributed by atoms with van der Waals surface area (Å²) in [5, 5.41) is 33.9. The molecule has 0 aliphatic heterocycles. The fourth-order valence-corrected chi connectivity index (χ4v) is 7.25. The molecule has 4 aliphatic rings. The topological polar surface area (TPSA) is 113 Å². The van der Waals surface area contributed by atoms with Crippen LogP contribution in [-0.4, -0.2) is 55.5 Å². The van der Waals surface area contributed by atoms with Gasteiger partial charge in [0.1, 0.15) is 6.10 Å². The number of hydrogen-bond acceptors (Lipinski definition) is 7. The lowest BCUT2D eigenvalue weighted by Gasteiger charge is -2.48. The molecule has 1 spiro atoms. The van der Waals surface area contributed by atoms with Crippen molar-refractivity contribution < 1.29 is 38.0 Å². The first-order valence-corrected chi connectivity index (χ1v) is 11.7.